The number of halogens is 1. The first-order valence-electron chi connectivity index (χ1n) is 3.14. The topological polar surface area (TPSA) is 23.8 Å². The number of hydrogen-bond donors (Lipinski definition) is 0. The van der Waals surface area contributed by atoms with Gasteiger partial charge in [0, 0.05) is 0 Å². The average molecular weight is 255 g/mol. The van der Waals surface area contributed by atoms with Crippen molar-refractivity contribution in [2.75, 3.05) is 0 Å². The van der Waals surface area contributed by atoms with Crippen LogP contribution in [0.25, 0.3) is 5.57 Å². The molecule has 0 heterocycles. The zero-order chi connectivity index (χ0) is 8.10. The quantitative estimate of drug-likeness (QED) is 0.559. The van der Waals surface area contributed by atoms with Crippen molar-refractivity contribution in [1.82, 2.24) is 0 Å². The Hall–Kier alpha value is -0.820. The third-order valence-electron chi connectivity index (χ3n) is 1.31. The first kappa shape index (κ1) is 8.28. The molecule has 0 bridgehead atoms. The summed E-state index contributed by atoms with van der Waals surface area (Å²) in [4.78, 5) is 0. The lowest BCUT2D eigenvalue weighted by atomic mass is 10.1. The highest BCUT2D eigenvalue weighted by Crippen LogP contribution is 2.13. The summed E-state index contributed by atoms with van der Waals surface area (Å²) in [7, 11) is 0. The van der Waals surface area contributed by atoms with E-state index in [1.54, 1.807) is 4.08 Å². The maximum absolute atomic E-state index is 8.66. The summed E-state index contributed by atoms with van der Waals surface area (Å²) < 4.78 is 1.78. The van der Waals surface area contributed by atoms with Gasteiger partial charge in [0.1, 0.15) is 6.07 Å². The van der Waals surface area contributed by atoms with Gasteiger partial charge in [-0.3, -0.25) is 0 Å². The molecule has 1 nitrogen and oxygen atoms in total. The highest BCUT2D eigenvalue weighted by atomic mass is 127. The molecule has 0 unspecified atom stereocenters. The average Bonchev–Trinajstić information content (AvgIpc) is 2.09. The highest BCUT2D eigenvalue weighted by molar-refractivity contribution is 14.1. The van der Waals surface area contributed by atoms with Gasteiger partial charge in [-0.2, -0.15) is 5.26 Å². The molecule has 0 spiro atoms. The van der Waals surface area contributed by atoms with Crippen molar-refractivity contribution in [3.05, 3.63) is 40.0 Å². The van der Waals surface area contributed by atoms with Gasteiger partial charge in [-0.25, -0.2) is 0 Å². The molecule has 2 heteroatoms. The van der Waals surface area contributed by atoms with Crippen LogP contribution >= 0.6 is 22.6 Å². The molecule has 54 valence electrons. The fourth-order valence-electron chi connectivity index (χ4n) is 0.770. The van der Waals surface area contributed by atoms with Crippen LogP contribution in [0.1, 0.15) is 5.56 Å². The maximum Gasteiger partial charge on any atom is 0.100 e. The molecule has 0 saturated heterocycles. The molecule has 0 aromatic heterocycles. The van der Waals surface area contributed by atoms with Gasteiger partial charge in [0.25, 0.3) is 0 Å². The normalized spacial score (nSPS) is 10.7. The van der Waals surface area contributed by atoms with Crippen LogP contribution < -0.4 is 0 Å². The first-order valence-corrected chi connectivity index (χ1v) is 4.39. The van der Waals surface area contributed by atoms with Crippen molar-refractivity contribution in [3.63, 3.8) is 0 Å². The molecule has 0 aliphatic rings. The number of nitriles is 1. The minimum Gasteiger partial charge on any atom is -0.192 e. The largest absolute Gasteiger partial charge is 0.192 e. The number of hydrogen-bond acceptors (Lipinski definition) is 1. The Kier molecular flexibility index (Phi) is 3.12. The molecule has 0 atom stereocenters. The van der Waals surface area contributed by atoms with Crippen LogP contribution in [0.4, 0.5) is 0 Å². The summed E-state index contributed by atoms with van der Waals surface area (Å²) in [5.74, 6) is 0. The van der Waals surface area contributed by atoms with Gasteiger partial charge in [0.15, 0.2) is 0 Å². The summed E-state index contributed by atoms with van der Waals surface area (Å²) in [6, 6.07) is 11.8. The summed E-state index contributed by atoms with van der Waals surface area (Å²) in [6.07, 6.45) is 0. The molecule has 0 saturated carbocycles. The molecule has 0 N–H and O–H groups in total. The molecule has 0 aliphatic heterocycles. The van der Waals surface area contributed by atoms with Gasteiger partial charge in [-0.05, 0) is 9.65 Å². The number of nitrogens with zero attached hydrogens (tertiary/aromatic N) is 1. The summed E-state index contributed by atoms with van der Waals surface area (Å²) >= 11 is 2.07. The second-order valence-corrected chi connectivity index (χ2v) is 2.62. The smallest absolute Gasteiger partial charge is 0.100 e. The predicted molar refractivity (Wildman–Crippen MR) is 54.1 cm³/mol. The molecule has 0 radical (unpaired) electrons. The van der Waals surface area contributed by atoms with Crippen LogP contribution in [0.3, 0.4) is 0 Å². The van der Waals surface area contributed by atoms with Gasteiger partial charge in [0.2, 0.25) is 0 Å². The zero-order valence-corrected chi connectivity index (χ0v) is 7.95. The molecule has 0 fully saturated rings. The molecule has 11 heavy (non-hydrogen) atoms. The molecule has 1 aromatic carbocycles. The van der Waals surface area contributed by atoms with Crippen LogP contribution in [0, 0.1) is 11.3 Å². The van der Waals surface area contributed by atoms with E-state index in [-0.39, 0.29) is 0 Å². The summed E-state index contributed by atoms with van der Waals surface area (Å²) in [6.45, 7) is 0. The lowest BCUT2D eigenvalue weighted by Gasteiger charge is -1.93. The van der Waals surface area contributed by atoms with Gasteiger partial charge in [0.05, 0.1) is 5.57 Å². The van der Waals surface area contributed by atoms with Crippen LogP contribution in [0.2, 0.25) is 0 Å². The lowest BCUT2D eigenvalue weighted by Crippen LogP contribution is -1.76. The Bertz CT molecular complexity index is 295. The van der Waals surface area contributed by atoms with E-state index >= 15 is 0 Å². The van der Waals surface area contributed by atoms with Gasteiger partial charge < -0.3 is 0 Å². The Morgan fingerprint density at radius 3 is 2.45 bits per heavy atom. The molecule has 1 rings (SSSR count). The van der Waals surface area contributed by atoms with Crippen molar-refractivity contribution in [2.24, 2.45) is 0 Å². The first-order chi connectivity index (χ1) is 5.38. The van der Waals surface area contributed by atoms with E-state index < -0.39 is 0 Å². The molecule has 0 amide bonds. The van der Waals surface area contributed by atoms with E-state index in [1.807, 2.05) is 30.3 Å². The van der Waals surface area contributed by atoms with E-state index in [2.05, 4.69) is 28.7 Å². The Morgan fingerprint density at radius 2 is 2.00 bits per heavy atom. The highest BCUT2D eigenvalue weighted by Gasteiger charge is 1.95. The van der Waals surface area contributed by atoms with E-state index in [4.69, 9.17) is 5.26 Å². The monoisotopic (exact) mass is 255 g/mol. The number of allylic oxidation sites excluding steroid dienone is 1. The summed E-state index contributed by atoms with van der Waals surface area (Å²) in [5.41, 5.74) is 1.69. The van der Waals surface area contributed by atoms with Crippen molar-refractivity contribution in [2.45, 2.75) is 0 Å². The van der Waals surface area contributed by atoms with Crippen LogP contribution in [-0.4, -0.2) is 0 Å². The third-order valence-corrected chi connectivity index (χ3v) is 1.94. The van der Waals surface area contributed by atoms with Crippen LogP contribution in [0.5, 0.6) is 0 Å². The second-order valence-electron chi connectivity index (χ2n) is 2.00. The van der Waals surface area contributed by atoms with E-state index in [0.29, 0.717) is 5.57 Å². The molecular weight excluding hydrogens is 249 g/mol. The van der Waals surface area contributed by atoms with Crippen molar-refractivity contribution in [3.8, 4) is 6.07 Å². The second kappa shape index (κ2) is 4.14. The van der Waals surface area contributed by atoms with E-state index in [9.17, 15) is 0 Å². The molecule has 1 aromatic rings. The van der Waals surface area contributed by atoms with Crippen molar-refractivity contribution in [1.29, 1.82) is 5.26 Å². The minimum atomic E-state index is 0.714. The minimum absolute atomic E-state index is 0.714. The Morgan fingerprint density at radius 1 is 1.36 bits per heavy atom. The van der Waals surface area contributed by atoms with Gasteiger partial charge >= 0.3 is 0 Å². The zero-order valence-electron chi connectivity index (χ0n) is 5.79. The van der Waals surface area contributed by atoms with Gasteiger partial charge in [-0.1, -0.05) is 52.9 Å². The van der Waals surface area contributed by atoms with E-state index in [0.717, 1.165) is 5.56 Å². The summed E-state index contributed by atoms with van der Waals surface area (Å²) in [5, 5.41) is 8.66. The van der Waals surface area contributed by atoms with Crippen molar-refractivity contribution < 1.29 is 0 Å². The molecule has 0 aliphatic carbocycles. The maximum atomic E-state index is 8.66. The fourth-order valence-corrected chi connectivity index (χ4v) is 1.27. The Labute approximate surface area is 79.5 Å². The van der Waals surface area contributed by atoms with Crippen LogP contribution in [-0.2, 0) is 0 Å². The predicted octanol–water partition coefficient (Wildman–Crippen LogP) is 2.99. The SMILES string of the molecule is N#C/C(=C/I)c1ccccc1. The standard InChI is InChI=1S/C9H6IN/c10-6-9(7-11)8-4-2-1-3-5-8/h1-6H/b9-6-. The van der Waals surface area contributed by atoms with Gasteiger partial charge in [-0.15, -0.1) is 0 Å². The fraction of sp³-hybridized carbons (Fsp3) is 0. The Balaban J connectivity index is 3.05. The van der Waals surface area contributed by atoms with E-state index in [1.165, 1.54) is 0 Å². The van der Waals surface area contributed by atoms with Crippen LogP contribution in [0.15, 0.2) is 34.4 Å². The number of rotatable bonds is 1. The third kappa shape index (κ3) is 2.05. The number of benzene rings is 1. The van der Waals surface area contributed by atoms with Crippen molar-refractivity contribution >= 4 is 28.2 Å². The lowest BCUT2D eigenvalue weighted by molar-refractivity contribution is 1.52. The molecular formula is C9H6IN.